The number of piperidine rings is 1. The summed E-state index contributed by atoms with van der Waals surface area (Å²) in [7, 11) is 0. The van der Waals surface area contributed by atoms with Gasteiger partial charge in [-0.15, -0.1) is 0 Å². The van der Waals surface area contributed by atoms with Crippen LogP contribution in [0.25, 0.3) is 0 Å². The molecule has 1 heterocycles. The summed E-state index contributed by atoms with van der Waals surface area (Å²) in [5, 5.41) is 18.0. The van der Waals surface area contributed by atoms with Crippen LogP contribution in [0.2, 0.25) is 5.02 Å². The SMILES string of the molecule is O=CO.O[C@@H]1CCC[C@]12CCCN(Cc1ccc(Cl)cc1)C2. The molecule has 1 spiro atoms. The van der Waals surface area contributed by atoms with E-state index >= 15 is 0 Å². The molecule has 0 aromatic heterocycles. The Balaban J connectivity index is 0.000000545. The van der Waals surface area contributed by atoms with Crippen molar-refractivity contribution in [1.29, 1.82) is 0 Å². The van der Waals surface area contributed by atoms with Gasteiger partial charge in [0, 0.05) is 23.5 Å². The Hall–Kier alpha value is -1.10. The highest BCUT2D eigenvalue weighted by molar-refractivity contribution is 6.30. The number of nitrogens with zero attached hydrogens (tertiary/aromatic N) is 1. The van der Waals surface area contributed by atoms with Crippen LogP contribution in [0.4, 0.5) is 0 Å². The third kappa shape index (κ3) is 4.22. The van der Waals surface area contributed by atoms with E-state index in [4.69, 9.17) is 21.5 Å². The van der Waals surface area contributed by atoms with E-state index in [0.29, 0.717) is 0 Å². The minimum absolute atomic E-state index is 0.0829. The molecule has 22 heavy (non-hydrogen) atoms. The first kappa shape index (κ1) is 17.3. The lowest BCUT2D eigenvalue weighted by Gasteiger charge is -2.42. The number of rotatable bonds is 2. The molecule has 1 saturated heterocycles. The molecule has 2 atom stereocenters. The summed E-state index contributed by atoms with van der Waals surface area (Å²) in [6, 6.07) is 8.13. The second-order valence-electron chi connectivity index (χ2n) is 6.32. The summed E-state index contributed by atoms with van der Waals surface area (Å²) in [6.45, 7) is 2.93. The van der Waals surface area contributed by atoms with Gasteiger partial charge in [0.1, 0.15) is 0 Å². The first-order chi connectivity index (χ1) is 10.6. The number of benzene rings is 1. The van der Waals surface area contributed by atoms with Gasteiger partial charge < -0.3 is 10.2 Å². The molecule has 0 radical (unpaired) electrons. The van der Waals surface area contributed by atoms with E-state index in [1.165, 1.54) is 31.2 Å². The number of aliphatic hydroxyl groups is 1. The molecule has 0 bridgehead atoms. The van der Waals surface area contributed by atoms with Gasteiger partial charge in [0.15, 0.2) is 0 Å². The number of hydrogen-bond acceptors (Lipinski definition) is 3. The number of carboxylic acid groups (broad SMARTS) is 1. The van der Waals surface area contributed by atoms with E-state index in [1.807, 2.05) is 12.1 Å². The molecule has 3 rings (SSSR count). The number of likely N-dealkylation sites (tertiary alicyclic amines) is 1. The molecular formula is C17H24ClNO3. The molecular weight excluding hydrogens is 302 g/mol. The van der Waals surface area contributed by atoms with Crippen molar-refractivity contribution in [2.45, 2.75) is 44.8 Å². The van der Waals surface area contributed by atoms with E-state index in [9.17, 15) is 5.11 Å². The largest absolute Gasteiger partial charge is 0.483 e. The molecule has 0 amide bonds. The molecule has 2 fully saturated rings. The fraction of sp³-hybridized carbons (Fsp3) is 0.588. The summed E-state index contributed by atoms with van der Waals surface area (Å²) in [5.41, 5.74) is 1.50. The Bertz CT molecular complexity index is 479. The Morgan fingerprint density at radius 2 is 1.91 bits per heavy atom. The molecule has 1 aromatic carbocycles. The maximum Gasteiger partial charge on any atom is 0.290 e. The number of halogens is 1. The van der Waals surface area contributed by atoms with E-state index in [1.54, 1.807) is 0 Å². The number of aliphatic hydroxyl groups excluding tert-OH is 1. The Morgan fingerprint density at radius 3 is 2.50 bits per heavy atom. The van der Waals surface area contributed by atoms with Crippen LogP contribution >= 0.6 is 11.6 Å². The predicted octanol–water partition coefficient (Wildman–Crippen LogP) is 3.17. The zero-order chi connectivity index (χ0) is 16.0. The van der Waals surface area contributed by atoms with Gasteiger partial charge in [-0.1, -0.05) is 30.2 Å². The van der Waals surface area contributed by atoms with Crippen molar-refractivity contribution in [2.75, 3.05) is 13.1 Å². The van der Waals surface area contributed by atoms with Crippen molar-refractivity contribution >= 4 is 18.1 Å². The fourth-order valence-corrected chi connectivity index (χ4v) is 3.96. The lowest BCUT2D eigenvalue weighted by Crippen LogP contribution is -2.46. The summed E-state index contributed by atoms with van der Waals surface area (Å²) < 4.78 is 0. The summed E-state index contributed by atoms with van der Waals surface area (Å²) in [6.07, 6.45) is 5.71. The molecule has 122 valence electrons. The van der Waals surface area contributed by atoms with Crippen molar-refractivity contribution < 1.29 is 15.0 Å². The van der Waals surface area contributed by atoms with Crippen LogP contribution < -0.4 is 0 Å². The van der Waals surface area contributed by atoms with Gasteiger partial charge >= 0.3 is 0 Å². The van der Waals surface area contributed by atoms with Crippen molar-refractivity contribution in [1.82, 2.24) is 4.90 Å². The van der Waals surface area contributed by atoms with Crippen LogP contribution in [0.1, 0.15) is 37.7 Å². The van der Waals surface area contributed by atoms with Crippen LogP contribution in [0, 0.1) is 5.41 Å². The van der Waals surface area contributed by atoms with Gasteiger partial charge in [0.25, 0.3) is 6.47 Å². The van der Waals surface area contributed by atoms with Gasteiger partial charge in [-0.2, -0.15) is 0 Å². The zero-order valence-electron chi connectivity index (χ0n) is 12.7. The number of hydrogen-bond donors (Lipinski definition) is 2. The van der Waals surface area contributed by atoms with Crippen LogP contribution in [-0.4, -0.2) is 40.8 Å². The monoisotopic (exact) mass is 325 g/mol. The molecule has 1 aliphatic heterocycles. The van der Waals surface area contributed by atoms with Gasteiger partial charge in [0.05, 0.1) is 6.10 Å². The molecule has 2 N–H and O–H groups in total. The summed E-state index contributed by atoms with van der Waals surface area (Å²) in [4.78, 5) is 10.9. The Morgan fingerprint density at radius 1 is 1.27 bits per heavy atom. The van der Waals surface area contributed by atoms with Crippen molar-refractivity contribution in [3.8, 4) is 0 Å². The molecule has 1 aliphatic carbocycles. The fourth-order valence-electron chi connectivity index (χ4n) is 3.84. The van der Waals surface area contributed by atoms with Crippen LogP contribution in [0.3, 0.4) is 0 Å². The molecule has 4 nitrogen and oxygen atoms in total. The third-order valence-electron chi connectivity index (χ3n) is 4.87. The smallest absolute Gasteiger partial charge is 0.290 e. The highest BCUT2D eigenvalue weighted by Crippen LogP contribution is 2.45. The Labute approximate surface area is 136 Å². The minimum atomic E-state index is -0.250. The minimum Gasteiger partial charge on any atom is -0.483 e. The third-order valence-corrected chi connectivity index (χ3v) is 5.12. The summed E-state index contributed by atoms with van der Waals surface area (Å²) >= 11 is 5.93. The normalized spacial score (nSPS) is 28.2. The zero-order valence-corrected chi connectivity index (χ0v) is 13.5. The maximum absolute atomic E-state index is 10.3. The van der Waals surface area contributed by atoms with E-state index in [2.05, 4.69) is 17.0 Å². The van der Waals surface area contributed by atoms with Crippen molar-refractivity contribution in [2.24, 2.45) is 5.41 Å². The highest BCUT2D eigenvalue weighted by Gasteiger charge is 2.44. The average Bonchev–Trinajstić information content (AvgIpc) is 2.83. The number of carbonyl (C=O) groups is 1. The quantitative estimate of drug-likeness (QED) is 0.820. The van der Waals surface area contributed by atoms with Crippen molar-refractivity contribution in [3.05, 3.63) is 34.9 Å². The average molecular weight is 326 g/mol. The molecule has 2 aliphatic rings. The molecule has 0 unspecified atom stereocenters. The van der Waals surface area contributed by atoms with Gasteiger partial charge in [-0.05, 0) is 49.9 Å². The second-order valence-corrected chi connectivity index (χ2v) is 6.75. The van der Waals surface area contributed by atoms with E-state index in [-0.39, 0.29) is 18.0 Å². The first-order valence-corrected chi connectivity index (χ1v) is 8.20. The molecule has 1 saturated carbocycles. The van der Waals surface area contributed by atoms with E-state index < -0.39 is 0 Å². The molecule has 1 aromatic rings. The lowest BCUT2D eigenvalue weighted by molar-refractivity contribution is -0.122. The Kier molecular flexibility index (Phi) is 6.24. The predicted molar refractivity (Wildman–Crippen MR) is 86.9 cm³/mol. The van der Waals surface area contributed by atoms with Crippen LogP contribution in [0.15, 0.2) is 24.3 Å². The highest BCUT2D eigenvalue weighted by atomic mass is 35.5. The maximum atomic E-state index is 10.3. The van der Waals surface area contributed by atoms with E-state index in [0.717, 1.165) is 31.1 Å². The second kappa shape index (κ2) is 7.95. The lowest BCUT2D eigenvalue weighted by atomic mass is 9.76. The standard InChI is InChI=1S/C16H22ClNO.CH2O2/c17-14-6-4-13(5-7-14)11-18-10-2-9-16(12-18)8-1-3-15(16)19;2-1-3/h4-7,15,19H,1-3,8-12H2;1H,(H,2,3)/t15-,16-;/m1./s1. The van der Waals surface area contributed by atoms with Gasteiger partial charge in [0.2, 0.25) is 0 Å². The van der Waals surface area contributed by atoms with Gasteiger partial charge in [-0.3, -0.25) is 9.69 Å². The summed E-state index contributed by atoms with van der Waals surface area (Å²) in [5.74, 6) is 0. The van der Waals surface area contributed by atoms with Gasteiger partial charge in [-0.25, -0.2) is 0 Å². The van der Waals surface area contributed by atoms with Crippen LogP contribution in [-0.2, 0) is 11.3 Å². The first-order valence-electron chi connectivity index (χ1n) is 7.82. The van der Waals surface area contributed by atoms with Crippen LogP contribution in [0.5, 0.6) is 0 Å². The topological polar surface area (TPSA) is 60.8 Å². The molecule has 5 heteroatoms. The van der Waals surface area contributed by atoms with Crippen molar-refractivity contribution in [3.63, 3.8) is 0 Å².